The van der Waals surface area contributed by atoms with Crippen molar-refractivity contribution in [2.45, 2.75) is 5.16 Å². The summed E-state index contributed by atoms with van der Waals surface area (Å²) in [5, 5.41) is 0.473. The Morgan fingerprint density at radius 1 is 1.62 bits per heavy atom. The van der Waals surface area contributed by atoms with Crippen molar-refractivity contribution < 1.29 is 12.9 Å². The van der Waals surface area contributed by atoms with E-state index in [9.17, 15) is 12.9 Å². The first-order chi connectivity index (χ1) is 6.00. The van der Waals surface area contributed by atoms with Crippen LogP contribution in [0.4, 0.5) is 12.9 Å². The van der Waals surface area contributed by atoms with E-state index < -0.39 is 12.4 Å². The van der Waals surface area contributed by atoms with Gasteiger partial charge in [0.05, 0.1) is 0 Å². The molecule has 0 saturated carbocycles. The molecule has 0 fully saturated rings. The van der Waals surface area contributed by atoms with Crippen LogP contribution in [0.25, 0.3) is 0 Å². The third-order valence-electron chi connectivity index (χ3n) is 1.33. The molecule has 0 aromatic carbocycles. The molecule has 13 heavy (non-hydrogen) atoms. The van der Waals surface area contributed by atoms with E-state index in [-0.39, 0.29) is 5.75 Å². The zero-order chi connectivity index (χ0) is 9.90. The molecule has 0 aliphatic carbocycles. The van der Waals surface area contributed by atoms with E-state index in [1.807, 2.05) is 0 Å². The lowest BCUT2D eigenvalue weighted by Crippen LogP contribution is -2.20. The second-order valence-corrected chi connectivity index (χ2v) is 3.38. The topological polar surface area (TPSA) is 28.7 Å². The Bertz CT molecular complexity index is 283. The lowest BCUT2D eigenvalue weighted by Gasteiger charge is -2.16. The van der Waals surface area contributed by atoms with E-state index in [4.69, 9.17) is 0 Å². The summed E-state index contributed by atoms with van der Waals surface area (Å²) in [6.45, 7) is -1.95. The third-order valence-corrected chi connectivity index (χ3v) is 2.34. The molecule has 0 atom stereocenters. The zero-order valence-electron chi connectivity index (χ0n) is 6.64. The molecule has 0 saturated heterocycles. The molecular weight excluding hydrogens is 200 g/mol. The summed E-state index contributed by atoms with van der Waals surface area (Å²) in [5.74, 6) is -0.170. The van der Waals surface area contributed by atoms with Gasteiger partial charge in [0.2, 0.25) is 0 Å². The largest absolute Gasteiger partial charge is 0.505 e. The molecule has 0 bridgehead atoms. The number of rotatable bonds is 4. The fourth-order valence-corrected chi connectivity index (χ4v) is 1.38. The number of imidazole rings is 1. The van der Waals surface area contributed by atoms with Crippen LogP contribution in [0.1, 0.15) is 0 Å². The first-order valence-corrected chi connectivity index (χ1v) is 4.48. The zero-order valence-corrected chi connectivity index (χ0v) is 7.45. The molecule has 1 N–H and O–H groups in total. The van der Waals surface area contributed by atoms with Gasteiger partial charge in [-0.3, -0.25) is 0 Å². The predicted octanol–water partition coefficient (Wildman–Crippen LogP) is 2.44. The van der Waals surface area contributed by atoms with Gasteiger partial charge in [0.25, 0.3) is 0 Å². The number of aromatic amines is 1. The van der Waals surface area contributed by atoms with Gasteiger partial charge in [-0.25, -0.2) is 4.98 Å². The molecule has 1 heterocycles. The molecule has 0 aliphatic rings. The van der Waals surface area contributed by atoms with Gasteiger partial charge in [0, 0.05) is 12.4 Å². The highest BCUT2D eigenvalue weighted by molar-refractivity contribution is 7.99. The fraction of sp³-hybridized carbons (Fsp3) is 0.167. The van der Waals surface area contributed by atoms with Crippen LogP contribution in [0, 0.1) is 0 Å². The minimum atomic E-state index is -4.91. The molecule has 7 heteroatoms. The van der Waals surface area contributed by atoms with E-state index >= 15 is 0 Å². The van der Waals surface area contributed by atoms with Crippen LogP contribution < -0.4 is 0 Å². The van der Waals surface area contributed by atoms with Gasteiger partial charge in [-0.2, -0.15) is 0 Å². The van der Waals surface area contributed by atoms with E-state index in [0.717, 1.165) is 11.8 Å². The number of halogens is 3. The molecule has 1 aromatic heterocycles. The van der Waals surface area contributed by atoms with Crippen LogP contribution in [-0.4, -0.2) is 22.7 Å². The van der Waals surface area contributed by atoms with Crippen LogP contribution in [-0.2, 0) is 0 Å². The highest BCUT2D eigenvalue weighted by atomic mass is 32.2. The Morgan fingerprint density at radius 2 is 2.31 bits per heavy atom. The van der Waals surface area contributed by atoms with Crippen LogP contribution in [0.2, 0.25) is 0 Å². The van der Waals surface area contributed by atoms with Gasteiger partial charge >= 0.3 is 6.98 Å². The number of nitrogens with one attached hydrogen (secondary N) is 1. The number of hydrogen-bond acceptors (Lipinski definition) is 2. The molecule has 1 rings (SSSR count). The smallest absolute Gasteiger partial charge is 0.445 e. The summed E-state index contributed by atoms with van der Waals surface area (Å²) in [6.07, 6.45) is 3.05. The van der Waals surface area contributed by atoms with Crippen LogP contribution >= 0.6 is 11.8 Å². The Balaban J connectivity index is 2.40. The number of aromatic nitrogens is 2. The maximum atomic E-state index is 12.0. The summed E-state index contributed by atoms with van der Waals surface area (Å²) in [5.41, 5.74) is -0.693. The van der Waals surface area contributed by atoms with Crippen molar-refractivity contribution in [2.24, 2.45) is 0 Å². The second kappa shape index (κ2) is 3.91. The van der Waals surface area contributed by atoms with Crippen molar-refractivity contribution in [1.82, 2.24) is 9.97 Å². The van der Waals surface area contributed by atoms with Crippen molar-refractivity contribution in [3.63, 3.8) is 0 Å². The molecule has 2 nitrogen and oxygen atoms in total. The van der Waals surface area contributed by atoms with Gasteiger partial charge in [-0.1, -0.05) is 11.8 Å². The first kappa shape index (κ1) is 10.2. The van der Waals surface area contributed by atoms with Gasteiger partial charge < -0.3 is 17.9 Å². The summed E-state index contributed by atoms with van der Waals surface area (Å²) in [6, 6.07) is 0. The van der Waals surface area contributed by atoms with Crippen molar-refractivity contribution in [1.29, 1.82) is 0 Å². The van der Waals surface area contributed by atoms with E-state index in [0.29, 0.717) is 5.16 Å². The van der Waals surface area contributed by atoms with Crippen molar-refractivity contribution in [3.05, 3.63) is 24.4 Å². The SMILES string of the molecule is C=C(CSc1ncc[nH]1)[B-](F)(F)F. The van der Waals surface area contributed by atoms with Crippen molar-refractivity contribution in [2.75, 3.05) is 5.75 Å². The van der Waals surface area contributed by atoms with Crippen LogP contribution in [0.3, 0.4) is 0 Å². The van der Waals surface area contributed by atoms with Crippen LogP contribution in [0.15, 0.2) is 29.6 Å². The molecule has 1 aromatic rings. The average molecular weight is 207 g/mol. The quantitative estimate of drug-likeness (QED) is 0.606. The van der Waals surface area contributed by atoms with Crippen molar-refractivity contribution >= 4 is 18.7 Å². The van der Waals surface area contributed by atoms with Gasteiger partial charge in [0.15, 0.2) is 5.16 Å². The Hall–Kier alpha value is -0.845. The minimum Gasteiger partial charge on any atom is -0.445 e. The Morgan fingerprint density at radius 3 is 2.77 bits per heavy atom. The maximum absolute atomic E-state index is 12.0. The normalized spacial score (nSPS) is 11.6. The second-order valence-electron chi connectivity index (χ2n) is 2.42. The third kappa shape index (κ3) is 3.18. The molecule has 0 unspecified atom stereocenters. The molecule has 0 spiro atoms. The maximum Gasteiger partial charge on any atom is 0.505 e. The Labute approximate surface area is 77.7 Å². The van der Waals surface area contributed by atoms with Gasteiger partial charge in [-0.05, 0) is 5.75 Å². The summed E-state index contributed by atoms with van der Waals surface area (Å²) >= 11 is 0.991. The molecular formula is C6H7BF3N2S-. The first-order valence-electron chi connectivity index (χ1n) is 3.50. The highest BCUT2D eigenvalue weighted by Gasteiger charge is 2.26. The predicted molar refractivity (Wildman–Crippen MR) is 47.5 cm³/mol. The van der Waals surface area contributed by atoms with Crippen molar-refractivity contribution in [3.8, 4) is 0 Å². The Kier molecular flexibility index (Phi) is 3.08. The molecule has 0 aliphatic heterocycles. The highest BCUT2D eigenvalue weighted by Crippen LogP contribution is 2.24. The lowest BCUT2D eigenvalue weighted by molar-refractivity contribution is 0.491. The molecule has 0 amide bonds. The van der Waals surface area contributed by atoms with E-state index in [1.165, 1.54) is 6.20 Å². The van der Waals surface area contributed by atoms with Crippen LogP contribution in [0.5, 0.6) is 0 Å². The number of thioether (sulfide) groups is 1. The van der Waals surface area contributed by atoms with Gasteiger partial charge in [-0.15, -0.1) is 12.1 Å². The minimum absolute atomic E-state index is 0.170. The summed E-state index contributed by atoms with van der Waals surface area (Å²) in [7, 11) is 0. The monoisotopic (exact) mass is 207 g/mol. The molecule has 0 radical (unpaired) electrons. The number of hydrogen-bond donors (Lipinski definition) is 1. The summed E-state index contributed by atoms with van der Waals surface area (Å²) < 4.78 is 36.0. The standard InChI is InChI=1S/C6H7BF3N2S/c1-5(7(8,9)10)4-13-6-11-2-3-12-6/h2-3H,1,4H2,(H,11,12)/q-1. The number of nitrogens with zero attached hydrogens (tertiary/aromatic N) is 1. The fourth-order valence-electron chi connectivity index (χ4n) is 0.585. The number of H-pyrrole nitrogens is 1. The van der Waals surface area contributed by atoms with E-state index in [1.54, 1.807) is 6.20 Å². The summed E-state index contributed by atoms with van der Waals surface area (Å²) in [4.78, 5) is 6.47. The van der Waals surface area contributed by atoms with E-state index in [2.05, 4.69) is 16.5 Å². The average Bonchev–Trinajstić information content (AvgIpc) is 2.50. The molecule has 72 valence electrons. The van der Waals surface area contributed by atoms with Gasteiger partial charge in [0.1, 0.15) is 0 Å². The lowest BCUT2D eigenvalue weighted by atomic mass is 9.82.